The molecule has 12 heavy (non-hydrogen) atoms. The van der Waals surface area contributed by atoms with Gasteiger partial charge < -0.3 is 14.6 Å². The molecule has 0 bridgehead atoms. The van der Waals surface area contributed by atoms with Gasteiger partial charge in [0, 0.05) is 19.1 Å². The maximum Gasteiger partial charge on any atom is 0.119 e. The van der Waals surface area contributed by atoms with Crippen LogP contribution in [0.5, 0.6) is 0 Å². The first-order chi connectivity index (χ1) is 5.95. The van der Waals surface area contributed by atoms with Gasteiger partial charge in [-0.2, -0.15) is 0 Å². The van der Waals surface area contributed by atoms with Crippen molar-refractivity contribution in [2.24, 2.45) is 0 Å². The van der Waals surface area contributed by atoms with Crippen LogP contribution in [0.4, 0.5) is 0 Å². The van der Waals surface area contributed by atoms with Gasteiger partial charge in [0.1, 0.15) is 12.7 Å². The Balaban J connectivity index is 1.86. The number of nitrogens with one attached hydrogen (secondary N) is 1. The lowest BCUT2D eigenvalue weighted by Crippen LogP contribution is -2.43. The maximum atomic E-state index is 5.31. The fraction of sp³-hybridized carbons (Fsp3) is 0.714. The topological polar surface area (TPSA) is 52.0 Å². The van der Waals surface area contributed by atoms with E-state index in [-0.39, 0.29) is 0 Å². The summed E-state index contributed by atoms with van der Waals surface area (Å²) in [5.74, 6) is 0. The van der Waals surface area contributed by atoms with E-state index in [1.165, 1.54) is 0 Å². The monoisotopic (exact) mass is 168 g/mol. The molecule has 2 rings (SSSR count). The van der Waals surface area contributed by atoms with E-state index in [1.54, 1.807) is 12.7 Å². The Bertz CT molecular complexity index is 217. The molecule has 0 aromatic carbocycles. The Morgan fingerprint density at radius 2 is 2.33 bits per heavy atom. The lowest BCUT2D eigenvalue weighted by molar-refractivity contribution is 0.0714. The molecule has 0 saturated carbocycles. The van der Waals surface area contributed by atoms with Crippen molar-refractivity contribution in [1.29, 1.82) is 0 Å². The summed E-state index contributed by atoms with van der Waals surface area (Å²) in [6.07, 6.45) is 3.44. The second kappa shape index (κ2) is 3.64. The Kier molecular flexibility index (Phi) is 2.33. The Morgan fingerprint density at radius 1 is 1.50 bits per heavy atom. The second-order valence-electron chi connectivity index (χ2n) is 2.88. The summed E-state index contributed by atoms with van der Waals surface area (Å²) >= 11 is 0. The van der Waals surface area contributed by atoms with E-state index in [2.05, 4.69) is 15.5 Å². The first-order valence-electron chi connectivity index (χ1n) is 4.09. The molecule has 0 aliphatic carbocycles. The van der Waals surface area contributed by atoms with Crippen LogP contribution in [0.2, 0.25) is 0 Å². The zero-order chi connectivity index (χ0) is 8.23. The summed E-state index contributed by atoms with van der Waals surface area (Å²) in [6.45, 7) is 3.41. The van der Waals surface area contributed by atoms with Crippen molar-refractivity contribution in [2.75, 3.05) is 19.8 Å². The van der Waals surface area contributed by atoms with Gasteiger partial charge in [-0.15, -0.1) is 10.2 Å². The highest BCUT2D eigenvalue weighted by atomic mass is 16.5. The quantitative estimate of drug-likeness (QED) is 0.632. The molecule has 1 aromatic rings. The first-order valence-corrected chi connectivity index (χ1v) is 4.09. The zero-order valence-corrected chi connectivity index (χ0v) is 6.81. The molecule has 0 spiro atoms. The van der Waals surface area contributed by atoms with Gasteiger partial charge in [0.2, 0.25) is 0 Å². The number of hydrogen-bond donors (Lipinski definition) is 1. The number of morpholine rings is 1. The largest absolute Gasteiger partial charge is 0.378 e. The summed E-state index contributed by atoms with van der Waals surface area (Å²) in [4.78, 5) is 0. The van der Waals surface area contributed by atoms with E-state index in [1.807, 2.05) is 4.57 Å². The summed E-state index contributed by atoms with van der Waals surface area (Å²) in [5, 5.41) is 10.8. The standard InChI is InChI=1S/C7H12N4O/c1-2-12-4-7(8-1)3-11-5-9-10-6-11/h5-8H,1-4H2. The molecular weight excluding hydrogens is 156 g/mol. The van der Waals surface area contributed by atoms with Crippen LogP contribution < -0.4 is 5.32 Å². The maximum absolute atomic E-state index is 5.31. The van der Waals surface area contributed by atoms with Crippen molar-refractivity contribution in [1.82, 2.24) is 20.1 Å². The third-order valence-electron chi connectivity index (χ3n) is 1.90. The highest BCUT2D eigenvalue weighted by Crippen LogP contribution is 1.96. The molecule has 1 N–H and O–H groups in total. The van der Waals surface area contributed by atoms with E-state index >= 15 is 0 Å². The summed E-state index contributed by atoms with van der Waals surface area (Å²) in [7, 11) is 0. The fourth-order valence-electron chi connectivity index (χ4n) is 1.31. The van der Waals surface area contributed by atoms with Gasteiger partial charge in [-0.1, -0.05) is 0 Å². The van der Waals surface area contributed by atoms with Gasteiger partial charge in [0.05, 0.1) is 13.2 Å². The predicted octanol–water partition coefficient (Wildman–Crippen LogP) is -0.733. The van der Waals surface area contributed by atoms with Crippen molar-refractivity contribution in [2.45, 2.75) is 12.6 Å². The van der Waals surface area contributed by atoms with Crippen molar-refractivity contribution in [3.05, 3.63) is 12.7 Å². The lowest BCUT2D eigenvalue weighted by atomic mass is 10.3. The minimum Gasteiger partial charge on any atom is -0.378 e. The summed E-state index contributed by atoms with van der Waals surface area (Å²) < 4.78 is 7.26. The van der Waals surface area contributed by atoms with Crippen LogP contribution in [-0.2, 0) is 11.3 Å². The van der Waals surface area contributed by atoms with Crippen molar-refractivity contribution < 1.29 is 4.74 Å². The number of aromatic nitrogens is 3. The highest BCUT2D eigenvalue weighted by Gasteiger charge is 2.12. The SMILES string of the molecule is c1nncn1CC1COCCN1. The number of nitrogens with zero attached hydrogens (tertiary/aromatic N) is 3. The van der Waals surface area contributed by atoms with Crippen molar-refractivity contribution in [3.8, 4) is 0 Å². The minimum atomic E-state index is 0.398. The van der Waals surface area contributed by atoms with Gasteiger partial charge >= 0.3 is 0 Å². The third-order valence-corrected chi connectivity index (χ3v) is 1.90. The molecule has 1 aliphatic rings. The number of ether oxygens (including phenoxy) is 1. The molecule has 0 radical (unpaired) electrons. The van der Waals surface area contributed by atoms with E-state index in [9.17, 15) is 0 Å². The Morgan fingerprint density at radius 3 is 3.00 bits per heavy atom. The van der Waals surface area contributed by atoms with Crippen LogP contribution >= 0.6 is 0 Å². The minimum absolute atomic E-state index is 0.398. The van der Waals surface area contributed by atoms with E-state index in [0.29, 0.717) is 6.04 Å². The molecule has 1 saturated heterocycles. The summed E-state index contributed by atoms with van der Waals surface area (Å²) in [6, 6.07) is 0.398. The van der Waals surface area contributed by atoms with Gasteiger partial charge in [0.25, 0.3) is 0 Å². The van der Waals surface area contributed by atoms with E-state index in [4.69, 9.17) is 4.74 Å². The molecule has 2 heterocycles. The van der Waals surface area contributed by atoms with E-state index < -0.39 is 0 Å². The first kappa shape index (κ1) is 7.70. The molecule has 0 amide bonds. The third kappa shape index (κ3) is 1.80. The molecule has 1 aliphatic heterocycles. The zero-order valence-electron chi connectivity index (χ0n) is 6.81. The van der Waals surface area contributed by atoms with Crippen molar-refractivity contribution >= 4 is 0 Å². The summed E-state index contributed by atoms with van der Waals surface area (Å²) in [5.41, 5.74) is 0. The fourth-order valence-corrected chi connectivity index (χ4v) is 1.31. The number of rotatable bonds is 2. The molecule has 1 unspecified atom stereocenters. The predicted molar refractivity (Wildman–Crippen MR) is 42.6 cm³/mol. The van der Waals surface area contributed by atoms with Crippen LogP contribution in [-0.4, -0.2) is 40.6 Å². The van der Waals surface area contributed by atoms with Crippen LogP contribution in [0.3, 0.4) is 0 Å². The lowest BCUT2D eigenvalue weighted by Gasteiger charge is -2.23. The normalized spacial score (nSPS) is 24.2. The molecule has 66 valence electrons. The molecule has 1 fully saturated rings. The van der Waals surface area contributed by atoms with Gasteiger partial charge in [-0.05, 0) is 0 Å². The van der Waals surface area contributed by atoms with Crippen LogP contribution in [0.15, 0.2) is 12.7 Å². The Hall–Kier alpha value is -0.940. The average Bonchev–Trinajstić information content (AvgIpc) is 2.59. The van der Waals surface area contributed by atoms with Crippen LogP contribution in [0.1, 0.15) is 0 Å². The van der Waals surface area contributed by atoms with Gasteiger partial charge in [-0.3, -0.25) is 0 Å². The molecule has 5 nitrogen and oxygen atoms in total. The number of hydrogen-bond acceptors (Lipinski definition) is 4. The highest BCUT2D eigenvalue weighted by molar-refractivity contribution is 4.73. The van der Waals surface area contributed by atoms with Crippen LogP contribution in [0, 0.1) is 0 Å². The van der Waals surface area contributed by atoms with Crippen molar-refractivity contribution in [3.63, 3.8) is 0 Å². The van der Waals surface area contributed by atoms with E-state index in [0.717, 1.165) is 26.3 Å². The van der Waals surface area contributed by atoms with Gasteiger partial charge in [0.15, 0.2) is 0 Å². The van der Waals surface area contributed by atoms with Crippen LogP contribution in [0.25, 0.3) is 0 Å². The van der Waals surface area contributed by atoms with Gasteiger partial charge in [-0.25, -0.2) is 0 Å². The second-order valence-corrected chi connectivity index (χ2v) is 2.88. The molecule has 1 atom stereocenters. The average molecular weight is 168 g/mol. The molecule has 5 heteroatoms. The molecule has 1 aromatic heterocycles. The Labute approximate surface area is 70.7 Å². The smallest absolute Gasteiger partial charge is 0.119 e. The molecular formula is C7H12N4O.